The van der Waals surface area contributed by atoms with Crippen LogP contribution in [0.2, 0.25) is 0 Å². The van der Waals surface area contributed by atoms with Crippen molar-refractivity contribution in [3.8, 4) is 0 Å². The smallest absolute Gasteiger partial charge is 0.132 e. The molecule has 0 amide bonds. The number of nitrogens with one attached hydrogen (secondary N) is 1. The number of aromatic nitrogens is 2. The molecule has 0 spiro atoms. The summed E-state index contributed by atoms with van der Waals surface area (Å²) in [5.74, 6) is 3.82. The summed E-state index contributed by atoms with van der Waals surface area (Å²) >= 11 is 0. The summed E-state index contributed by atoms with van der Waals surface area (Å²) in [6.07, 6.45) is 0.762. The molecule has 3 N–H and O–H groups in total. The van der Waals surface area contributed by atoms with E-state index in [2.05, 4.69) is 22.2 Å². The van der Waals surface area contributed by atoms with E-state index >= 15 is 0 Å². The molecule has 2 aromatic rings. The van der Waals surface area contributed by atoms with Crippen molar-refractivity contribution in [2.45, 2.75) is 40.2 Å². The van der Waals surface area contributed by atoms with Crippen LogP contribution in [0.5, 0.6) is 0 Å². The fraction of sp³-hybridized carbons (Fsp3) is 0.429. The monoisotopic (exact) mass is 260 g/mol. The molecule has 2 aromatic heterocycles. The Labute approximate surface area is 113 Å². The number of nitrogen functional groups attached to an aromatic ring is 1. The van der Waals surface area contributed by atoms with Gasteiger partial charge < -0.3 is 15.5 Å². The van der Waals surface area contributed by atoms with Gasteiger partial charge in [0.1, 0.15) is 29.0 Å². The highest BCUT2D eigenvalue weighted by molar-refractivity contribution is 5.46. The van der Waals surface area contributed by atoms with Crippen LogP contribution in [0.1, 0.15) is 42.8 Å². The zero-order chi connectivity index (χ0) is 14.0. The second-order valence-electron chi connectivity index (χ2n) is 4.68. The Balaban J connectivity index is 2.21. The molecule has 0 saturated heterocycles. The minimum Gasteiger partial charge on any atom is -0.466 e. The Kier molecular flexibility index (Phi) is 3.74. The molecule has 1 atom stereocenters. The Morgan fingerprint density at radius 2 is 2.05 bits per heavy atom. The predicted molar refractivity (Wildman–Crippen MR) is 76.0 cm³/mol. The largest absolute Gasteiger partial charge is 0.466 e. The molecule has 0 aliphatic heterocycles. The van der Waals surface area contributed by atoms with Crippen LogP contribution in [0.15, 0.2) is 16.5 Å². The van der Waals surface area contributed by atoms with Gasteiger partial charge in [0.25, 0.3) is 0 Å². The molecule has 2 heterocycles. The van der Waals surface area contributed by atoms with Gasteiger partial charge in [0, 0.05) is 18.1 Å². The average Bonchev–Trinajstić information content (AvgIpc) is 2.67. The third-order valence-corrected chi connectivity index (χ3v) is 3.02. The highest BCUT2D eigenvalue weighted by Crippen LogP contribution is 2.24. The van der Waals surface area contributed by atoms with Crippen molar-refractivity contribution < 1.29 is 4.42 Å². The molecule has 102 valence electrons. The summed E-state index contributed by atoms with van der Waals surface area (Å²) in [5, 5.41) is 3.34. The first-order chi connectivity index (χ1) is 8.99. The van der Waals surface area contributed by atoms with E-state index in [9.17, 15) is 0 Å². The van der Waals surface area contributed by atoms with Crippen LogP contribution in [-0.2, 0) is 6.42 Å². The van der Waals surface area contributed by atoms with E-state index in [0.717, 1.165) is 35.1 Å². The third kappa shape index (κ3) is 3.05. The number of hydrogen-bond donors (Lipinski definition) is 2. The number of nitrogens with zero attached hydrogens (tertiary/aromatic N) is 2. The number of hydrogen-bond acceptors (Lipinski definition) is 5. The van der Waals surface area contributed by atoms with Crippen LogP contribution < -0.4 is 11.1 Å². The van der Waals surface area contributed by atoms with Gasteiger partial charge >= 0.3 is 0 Å². The highest BCUT2D eigenvalue weighted by atomic mass is 16.3. The highest BCUT2D eigenvalue weighted by Gasteiger charge is 2.13. The van der Waals surface area contributed by atoms with Crippen molar-refractivity contribution in [3.63, 3.8) is 0 Å². The molecule has 0 bridgehead atoms. The lowest BCUT2D eigenvalue weighted by Crippen LogP contribution is -2.10. The quantitative estimate of drug-likeness (QED) is 0.883. The molecule has 19 heavy (non-hydrogen) atoms. The van der Waals surface area contributed by atoms with Crippen molar-refractivity contribution in [2.24, 2.45) is 0 Å². The van der Waals surface area contributed by atoms with Crippen molar-refractivity contribution in [2.75, 3.05) is 11.1 Å². The van der Waals surface area contributed by atoms with E-state index in [1.165, 1.54) is 0 Å². The number of aryl methyl sites for hydroxylation is 3. The lowest BCUT2D eigenvalue weighted by atomic mass is 10.1. The van der Waals surface area contributed by atoms with E-state index in [-0.39, 0.29) is 6.04 Å². The molecule has 0 fully saturated rings. The number of nitrogens with two attached hydrogens (primary N) is 1. The van der Waals surface area contributed by atoms with Gasteiger partial charge in [-0.3, -0.25) is 0 Å². The Morgan fingerprint density at radius 3 is 2.63 bits per heavy atom. The summed E-state index contributed by atoms with van der Waals surface area (Å²) in [6.45, 7) is 7.99. The second kappa shape index (κ2) is 5.30. The van der Waals surface area contributed by atoms with Crippen LogP contribution >= 0.6 is 0 Å². The minimum atomic E-state index is 0.108. The molecule has 0 saturated carbocycles. The van der Waals surface area contributed by atoms with Gasteiger partial charge in [-0.15, -0.1) is 0 Å². The molecule has 0 aliphatic carbocycles. The summed E-state index contributed by atoms with van der Waals surface area (Å²) in [7, 11) is 0. The first kappa shape index (κ1) is 13.4. The zero-order valence-corrected chi connectivity index (χ0v) is 11.8. The lowest BCUT2D eigenvalue weighted by Gasteiger charge is -2.14. The molecule has 0 aliphatic rings. The molecule has 0 aromatic carbocycles. The van der Waals surface area contributed by atoms with E-state index in [1.807, 2.05) is 26.8 Å². The van der Waals surface area contributed by atoms with Crippen molar-refractivity contribution in [1.82, 2.24) is 9.97 Å². The number of anilines is 2. The summed E-state index contributed by atoms with van der Waals surface area (Å²) < 4.78 is 5.54. The maximum atomic E-state index is 5.77. The molecular formula is C14H20N4O. The molecule has 0 radical (unpaired) electrons. The molecule has 5 nitrogen and oxygen atoms in total. The minimum absolute atomic E-state index is 0.108. The Bertz CT molecular complexity index is 577. The fourth-order valence-corrected chi connectivity index (χ4v) is 2.13. The van der Waals surface area contributed by atoms with Crippen LogP contribution in [0.4, 0.5) is 11.6 Å². The predicted octanol–water partition coefficient (Wildman–Crippen LogP) is 3.00. The summed E-state index contributed by atoms with van der Waals surface area (Å²) in [6, 6.07) is 3.90. The maximum absolute atomic E-state index is 5.77. The van der Waals surface area contributed by atoms with Crippen molar-refractivity contribution in [3.05, 3.63) is 35.0 Å². The first-order valence-electron chi connectivity index (χ1n) is 6.46. The molecule has 5 heteroatoms. The lowest BCUT2D eigenvalue weighted by molar-refractivity contribution is 0.499. The van der Waals surface area contributed by atoms with Gasteiger partial charge in [0.2, 0.25) is 0 Å². The summed E-state index contributed by atoms with van der Waals surface area (Å²) in [4.78, 5) is 8.58. The fourth-order valence-electron chi connectivity index (χ4n) is 2.13. The zero-order valence-electron chi connectivity index (χ0n) is 11.8. The Morgan fingerprint density at radius 1 is 1.32 bits per heavy atom. The van der Waals surface area contributed by atoms with Crippen LogP contribution in [-0.4, -0.2) is 9.97 Å². The van der Waals surface area contributed by atoms with Crippen LogP contribution in [0, 0.1) is 13.8 Å². The van der Waals surface area contributed by atoms with E-state index in [0.29, 0.717) is 5.82 Å². The van der Waals surface area contributed by atoms with Crippen molar-refractivity contribution in [1.29, 1.82) is 0 Å². The number of furan rings is 1. The van der Waals surface area contributed by atoms with E-state index < -0.39 is 0 Å². The van der Waals surface area contributed by atoms with E-state index in [1.54, 1.807) is 6.07 Å². The van der Waals surface area contributed by atoms with Gasteiger partial charge in [0.05, 0.1) is 6.04 Å². The SMILES string of the molecule is CCc1nc(N)cc(NC(C)c2cc(C)oc2C)n1. The van der Waals surface area contributed by atoms with Crippen LogP contribution in [0.3, 0.4) is 0 Å². The topological polar surface area (TPSA) is 77.0 Å². The van der Waals surface area contributed by atoms with Crippen LogP contribution in [0.25, 0.3) is 0 Å². The van der Waals surface area contributed by atoms with Gasteiger partial charge in [-0.1, -0.05) is 6.92 Å². The third-order valence-electron chi connectivity index (χ3n) is 3.02. The molecular weight excluding hydrogens is 240 g/mol. The molecule has 2 rings (SSSR count). The van der Waals surface area contributed by atoms with Gasteiger partial charge in [-0.05, 0) is 26.8 Å². The normalized spacial score (nSPS) is 12.4. The second-order valence-corrected chi connectivity index (χ2v) is 4.68. The maximum Gasteiger partial charge on any atom is 0.132 e. The van der Waals surface area contributed by atoms with Gasteiger partial charge in [-0.25, -0.2) is 9.97 Å². The van der Waals surface area contributed by atoms with E-state index in [4.69, 9.17) is 10.2 Å². The Hall–Kier alpha value is -2.04. The van der Waals surface area contributed by atoms with Gasteiger partial charge in [0.15, 0.2) is 0 Å². The summed E-state index contributed by atoms with van der Waals surface area (Å²) in [5.41, 5.74) is 6.91. The van der Waals surface area contributed by atoms with Crippen molar-refractivity contribution >= 4 is 11.6 Å². The number of rotatable bonds is 4. The first-order valence-corrected chi connectivity index (χ1v) is 6.46. The average molecular weight is 260 g/mol. The standard InChI is InChI=1S/C14H20N4O/c1-5-13-17-12(15)7-14(18-13)16-9(3)11-6-8(2)19-10(11)4/h6-7,9H,5H2,1-4H3,(H3,15,16,17,18). The molecule has 1 unspecified atom stereocenters. The van der Waals surface area contributed by atoms with Gasteiger partial charge in [-0.2, -0.15) is 0 Å².